The Morgan fingerprint density at radius 2 is 2.06 bits per heavy atom. The topological polar surface area (TPSA) is 106 Å². The number of hydrogen-bond donors (Lipinski definition) is 1. The van der Waals surface area contributed by atoms with Gasteiger partial charge in [0.05, 0.1) is 22.7 Å². The zero-order valence-corrected chi connectivity index (χ0v) is 19.0. The van der Waals surface area contributed by atoms with Gasteiger partial charge in [-0.2, -0.15) is 13.2 Å². The van der Waals surface area contributed by atoms with Crippen LogP contribution in [0.3, 0.4) is 0 Å². The number of alkyl halides is 3. The molecule has 1 aromatic carbocycles. The summed E-state index contributed by atoms with van der Waals surface area (Å²) >= 11 is 1.40. The third-order valence-electron chi connectivity index (χ3n) is 5.45. The van der Waals surface area contributed by atoms with Crippen LogP contribution in [0.15, 0.2) is 57.8 Å². The van der Waals surface area contributed by atoms with Crippen molar-refractivity contribution in [1.82, 2.24) is 20.1 Å². The van der Waals surface area contributed by atoms with Gasteiger partial charge in [0.15, 0.2) is 16.7 Å². The highest BCUT2D eigenvalue weighted by molar-refractivity contribution is 7.13. The van der Waals surface area contributed by atoms with Crippen LogP contribution in [-0.2, 0) is 12.6 Å². The van der Waals surface area contributed by atoms with E-state index in [0.29, 0.717) is 39.4 Å². The van der Waals surface area contributed by atoms with Crippen LogP contribution >= 0.6 is 11.3 Å². The molecule has 8 nitrogen and oxygen atoms in total. The number of hydrogen-bond acceptors (Lipinski definition) is 9. The van der Waals surface area contributed by atoms with Crippen LogP contribution in [0.25, 0.3) is 0 Å². The van der Waals surface area contributed by atoms with Crippen LogP contribution in [0.1, 0.15) is 52.3 Å². The summed E-state index contributed by atoms with van der Waals surface area (Å²) in [6, 6.07) is 6.69. The zero-order chi connectivity index (χ0) is 24.6. The third kappa shape index (κ3) is 4.97. The van der Waals surface area contributed by atoms with Crippen molar-refractivity contribution in [2.45, 2.75) is 31.9 Å². The lowest BCUT2D eigenvalue weighted by Crippen LogP contribution is -2.08. The van der Waals surface area contributed by atoms with Gasteiger partial charge in [-0.1, -0.05) is 12.1 Å². The number of benzene rings is 1. The van der Waals surface area contributed by atoms with Gasteiger partial charge in [-0.15, -0.1) is 11.3 Å². The molecule has 0 aliphatic carbocycles. The predicted molar refractivity (Wildman–Crippen MR) is 123 cm³/mol. The third-order valence-corrected chi connectivity index (χ3v) is 6.14. The number of Topliss-reactive ketones (excluding diaryl/α,β-unsaturated/α-hetero) is 1. The van der Waals surface area contributed by atoms with E-state index in [4.69, 9.17) is 4.52 Å². The lowest BCUT2D eigenvalue weighted by molar-refractivity contribution is -0.137. The van der Waals surface area contributed by atoms with Crippen molar-refractivity contribution in [2.24, 2.45) is 4.99 Å². The highest BCUT2D eigenvalue weighted by Crippen LogP contribution is 2.36. The Morgan fingerprint density at radius 1 is 1.20 bits per heavy atom. The largest absolute Gasteiger partial charge is 0.416 e. The molecule has 178 valence electrons. The lowest BCUT2D eigenvalue weighted by atomic mass is 9.98. The Morgan fingerprint density at radius 3 is 2.83 bits per heavy atom. The minimum atomic E-state index is -4.42. The Bertz CT molecular complexity index is 1410. The summed E-state index contributed by atoms with van der Waals surface area (Å²) in [5.41, 5.74) is 1.52. The molecule has 1 atom stereocenters. The van der Waals surface area contributed by atoms with Crippen molar-refractivity contribution in [3.05, 3.63) is 76.5 Å². The molecule has 0 unspecified atom stereocenters. The van der Waals surface area contributed by atoms with Gasteiger partial charge >= 0.3 is 6.18 Å². The number of aliphatic imine (C=N–C) groups is 1. The van der Waals surface area contributed by atoms with Crippen LogP contribution < -0.4 is 5.32 Å². The van der Waals surface area contributed by atoms with E-state index in [-0.39, 0.29) is 30.2 Å². The van der Waals surface area contributed by atoms with E-state index in [1.807, 2.05) is 12.3 Å². The molecule has 1 aliphatic rings. The van der Waals surface area contributed by atoms with Crippen LogP contribution in [0, 0.1) is 0 Å². The molecule has 0 spiro atoms. The molecule has 1 N–H and O–H groups in total. The summed E-state index contributed by atoms with van der Waals surface area (Å²) < 4.78 is 44.4. The first-order valence-electron chi connectivity index (χ1n) is 10.5. The molecule has 0 bridgehead atoms. The molecule has 3 aromatic heterocycles. The average molecular weight is 498 g/mol. The number of ketones is 1. The van der Waals surface area contributed by atoms with Crippen molar-refractivity contribution in [2.75, 3.05) is 5.32 Å². The van der Waals surface area contributed by atoms with E-state index >= 15 is 0 Å². The number of rotatable bonds is 7. The van der Waals surface area contributed by atoms with Crippen molar-refractivity contribution < 1.29 is 22.5 Å². The Labute approximate surface area is 201 Å². The summed E-state index contributed by atoms with van der Waals surface area (Å²) in [5.74, 6) is 0.340. The van der Waals surface area contributed by atoms with Crippen molar-refractivity contribution in [1.29, 1.82) is 0 Å². The fourth-order valence-corrected chi connectivity index (χ4v) is 4.17. The molecule has 0 saturated carbocycles. The number of fused-ring (bicyclic) bond motifs is 1. The van der Waals surface area contributed by atoms with Crippen molar-refractivity contribution in [3.8, 4) is 0 Å². The molecule has 0 fully saturated rings. The molecule has 1 aliphatic heterocycles. The summed E-state index contributed by atoms with van der Waals surface area (Å²) in [6.07, 6.45) is -1.12. The van der Waals surface area contributed by atoms with Crippen molar-refractivity contribution in [3.63, 3.8) is 0 Å². The highest BCUT2D eigenvalue weighted by Gasteiger charge is 2.32. The smallest absolute Gasteiger partial charge is 0.355 e. The second kappa shape index (κ2) is 9.02. The maximum Gasteiger partial charge on any atom is 0.416 e. The molecule has 0 radical (unpaired) electrons. The first kappa shape index (κ1) is 22.8. The normalized spacial score (nSPS) is 13.9. The number of thiazole rings is 1. The SMILES string of the molecule is C[C@H](CC(=O)c1cc(Nc2nccs2)ncn1)c1cc(C2=Nc3ccc(C(F)(F)F)cc3C2)on1. The predicted octanol–water partition coefficient (Wildman–Crippen LogP) is 5.74. The molecule has 0 saturated heterocycles. The van der Waals surface area contributed by atoms with Gasteiger partial charge in [0.2, 0.25) is 0 Å². The van der Waals surface area contributed by atoms with E-state index in [1.165, 1.54) is 23.7 Å². The summed E-state index contributed by atoms with van der Waals surface area (Å²) in [7, 11) is 0. The quantitative estimate of drug-likeness (QED) is 0.324. The van der Waals surface area contributed by atoms with E-state index in [1.54, 1.807) is 18.3 Å². The fraction of sp³-hybridized carbons (Fsp3) is 0.217. The van der Waals surface area contributed by atoms with Gasteiger partial charge in [-0.05, 0) is 23.8 Å². The van der Waals surface area contributed by atoms with Crippen LogP contribution in [0.5, 0.6) is 0 Å². The molecule has 4 heterocycles. The zero-order valence-electron chi connectivity index (χ0n) is 18.2. The molecule has 4 aromatic rings. The average Bonchev–Trinajstić information content (AvgIpc) is 3.58. The van der Waals surface area contributed by atoms with Gasteiger partial charge < -0.3 is 9.84 Å². The van der Waals surface area contributed by atoms with Gasteiger partial charge in [0.25, 0.3) is 0 Å². The van der Waals surface area contributed by atoms with E-state index in [2.05, 4.69) is 30.4 Å². The molecule has 35 heavy (non-hydrogen) atoms. The van der Waals surface area contributed by atoms with Crippen LogP contribution in [0.4, 0.5) is 29.8 Å². The van der Waals surface area contributed by atoms with E-state index in [0.717, 1.165) is 12.1 Å². The molecule has 12 heteroatoms. The number of carbonyl (C=O) groups excluding carboxylic acids is 1. The van der Waals surface area contributed by atoms with Gasteiger partial charge in [0.1, 0.15) is 17.8 Å². The minimum absolute atomic E-state index is 0.126. The Kier molecular flexibility index (Phi) is 5.89. The van der Waals surface area contributed by atoms with Crippen LogP contribution in [0.2, 0.25) is 0 Å². The monoisotopic (exact) mass is 498 g/mol. The van der Waals surface area contributed by atoms with Crippen molar-refractivity contribution >= 4 is 39.5 Å². The number of aromatic nitrogens is 4. The van der Waals surface area contributed by atoms with Gasteiger partial charge in [0, 0.05) is 42.5 Å². The lowest BCUT2D eigenvalue weighted by Gasteiger charge is -2.07. The number of nitrogens with zero attached hydrogens (tertiary/aromatic N) is 5. The number of halogens is 3. The minimum Gasteiger partial charge on any atom is -0.355 e. The number of nitrogens with one attached hydrogen (secondary N) is 1. The number of anilines is 2. The maximum atomic E-state index is 13.0. The maximum absolute atomic E-state index is 13.0. The first-order valence-corrected chi connectivity index (χ1v) is 11.4. The highest BCUT2D eigenvalue weighted by atomic mass is 32.1. The van der Waals surface area contributed by atoms with Gasteiger partial charge in [-0.3, -0.25) is 4.79 Å². The second-order valence-corrected chi connectivity index (χ2v) is 8.87. The standard InChI is InChI=1S/C23H17F3N6O2S/c1-12(6-19(33)17-10-21(29-11-28-17)31-22-27-4-5-35-22)16-9-20(34-32-16)18-8-13-7-14(23(24,25)26)2-3-15(13)30-18/h2-5,7,9-12H,6,8H2,1H3,(H,27,28,29,31)/t12-/m1/s1. The molecular formula is C23H17F3N6O2S. The summed E-state index contributed by atoms with van der Waals surface area (Å²) in [6.45, 7) is 1.83. The fourth-order valence-electron chi connectivity index (χ4n) is 3.64. The number of carbonyl (C=O) groups is 1. The summed E-state index contributed by atoms with van der Waals surface area (Å²) in [4.78, 5) is 29.5. The van der Waals surface area contributed by atoms with E-state index < -0.39 is 11.7 Å². The second-order valence-electron chi connectivity index (χ2n) is 7.97. The Balaban J connectivity index is 1.25. The Hall–Kier alpha value is -3.93. The summed E-state index contributed by atoms with van der Waals surface area (Å²) in [5, 5.41) is 9.54. The van der Waals surface area contributed by atoms with Crippen LogP contribution in [-0.4, -0.2) is 31.6 Å². The first-order chi connectivity index (χ1) is 16.8. The van der Waals surface area contributed by atoms with Gasteiger partial charge in [-0.25, -0.2) is 19.9 Å². The molecular weight excluding hydrogens is 481 g/mol. The van der Waals surface area contributed by atoms with E-state index in [9.17, 15) is 18.0 Å². The molecule has 0 amide bonds. The molecule has 5 rings (SSSR count).